The summed E-state index contributed by atoms with van der Waals surface area (Å²) in [7, 11) is 0. The largest absolute Gasteiger partial charge is 0.477 e. The van der Waals surface area contributed by atoms with Crippen molar-refractivity contribution in [1.29, 1.82) is 0 Å². The van der Waals surface area contributed by atoms with Crippen LogP contribution in [0.1, 0.15) is 33.2 Å². The molecule has 0 aliphatic carbocycles. The minimum absolute atomic E-state index is 0.0399. The van der Waals surface area contributed by atoms with E-state index in [1.54, 1.807) is 37.3 Å². The minimum Gasteiger partial charge on any atom is -0.477 e. The number of rotatable bonds is 7. The molecule has 0 unspecified atom stereocenters. The van der Waals surface area contributed by atoms with Gasteiger partial charge in [-0.25, -0.2) is 4.79 Å². The Balaban J connectivity index is 1.46. The molecule has 0 aliphatic heterocycles. The van der Waals surface area contributed by atoms with E-state index < -0.39 is 23.3 Å². The van der Waals surface area contributed by atoms with Crippen molar-refractivity contribution in [2.24, 2.45) is 0 Å². The van der Waals surface area contributed by atoms with Crippen LogP contribution in [0.25, 0.3) is 22.0 Å². The van der Waals surface area contributed by atoms with E-state index in [1.807, 2.05) is 30.3 Å². The third kappa shape index (κ3) is 5.15. The highest BCUT2D eigenvalue weighted by molar-refractivity contribution is 6.33. The van der Waals surface area contributed by atoms with Gasteiger partial charge in [-0.2, -0.15) is 0 Å². The second-order valence-electron chi connectivity index (χ2n) is 8.12. The first-order chi connectivity index (χ1) is 16.7. The SMILES string of the molecule is C[C@H](NC(=O)c1ccc(-c2ccccc2)c(Cl)c1)C(=O)Cc1ccc2[nH]cc(C(=O)O)c(=O)c2c1. The molecule has 0 aliphatic rings. The lowest BCUT2D eigenvalue weighted by Gasteiger charge is -2.14. The molecular formula is C27H21ClN2O5. The van der Waals surface area contributed by atoms with Gasteiger partial charge in [-0.15, -0.1) is 0 Å². The van der Waals surface area contributed by atoms with E-state index in [0.29, 0.717) is 21.7 Å². The third-order valence-electron chi connectivity index (χ3n) is 5.70. The number of H-pyrrole nitrogens is 1. The van der Waals surface area contributed by atoms with Crippen LogP contribution in [0.3, 0.4) is 0 Å². The zero-order valence-electron chi connectivity index (χ0n) is 18.7. The van der Waals surface area contributed by atoms with Gasteiger partial charge < -0.3 is 15.4 Å². The number of amides is 1. The summed E-state index contributed by atoms with van der Waals surface area (Å²) in [5, 5.41) is 12.4. The molecule has 176 valence electrons. The summed E-state index contributed by atoms with van der Waals surface area (Å²) in [5.74, 6) is -2.04. The molecule has 0 saturated heterocycles. The lowest BCUT2D eigenvalue weighted by Crippen LogP contribution is -2.39. The van der Waals surface area contributed by atoms with Gasteiger partial charge in [-0.1, -0.05) is 54.1 Å². The van der Waals surface area contributed by atoms with Crippen LogP contribution in [-0.2, 0) is 11.2 Å². The topological polar surface area (TPSA) is 116 Å². The van der Waals surface area contributed by atoms with E-state index >= 15 is 0 Å². The number of aromatic carboxylic acids is 1. The number of hydrogen-bond acceptors (Lipinski definition) is 4. The number of fused-ring (bicyclic) bond motifs is 1. The number of benzene rings is 3. The molecule has 8 heteroatoms. The van der Waals surface area contributed by atoms with Crippen molar-refractivity contribution in [2.75, 3.05) is 0 Å². The van der Waals surface area contributed by atoms with Gasteiger partial charge >= 0.3 is 5.97 Å². The zero-order valence-corrected chi connectivity index (χ0v) is 19.4. The molecule has 3 aromatic carbocycles. The van der Waals surface area contributed by atoms with Crippen LogP contribution in [0, 0.1) is 0 Å². The molecule has 1 heterocycles. The predicted octanol–water partition coefficient (Wildman–Crippen LogP) is 4.48. The molecular weight excluding hydrogens is 468 g/mol. The van der Waals surface area contributed by atoms with Crippen molar-refractivity contribution in [1.82, 2.24) is 10.3 Å². The standard InChI is InChI=1S/C27H21ClN2O5/c1-15(30-26(33)18-8-9-19(22(28)13-18)17-5-3-2-4-6-17)24(31)12-16-7-10-23-20(11-16)25(32)21(14-29-23)27(34)35/h2-11,13-15H,12H2,1H3,(H,29,32)(H,30,33)(H,34,35)/t15-/m0/s1. The summed E-state index contributed by atoms with van der Waals surface area (Å²) >= 11 is 6.39. The summed E-state index contributed by atoms with van der Waals surface area (Å²) in [5.41, 5.74) is 2.05. The first-order valence-corrected chi connectivity index (χ1v) is 11.2. The maximum Gasteiger partial charge on any atom is 0.341 e. The number of carbonyl (C=O) groups excluding carboxylic acids is 2. The molecule has 4 aromatic rings. The maximum atomic E-state index is 12.8. The van der Waals surface area contributed by atoms with E-state index in [1.165, 1.54) is 6.07 Å². The van der Waals surface area contributed by atoms with Crippen molar-refractivity contribution in [2.45, 2.75) is 19.4 Å². The minimum atomic E-state index is -1.33. The zero-order chi connectivity index (χ0) is 25.1. The molecule has 4 rings (SSSR count). The number of carboxylic acid groups (broad SMARTS) is 1. The quantitative estimate of drug-likeness (QED) is 0.354. The number of Topliss-reactive ketones (excluding diaryl/α,β-unsaturated/α-hetero) is 1. The summed E-state index contributed by atoms with van der Waals surface area (Å²) in [4.78, 5) is 51.9. The fourth-order valence-corrected chi connectivity index (χ4v) is 4.05. The van der Waals surface area contributed by atoms with Gasteiger partial charge in [0.25, 0.3) is 5.91 Å². The maximum absolute atomic E-state index is 12.8. The van der Waals surface area contributed by atoms with E-state index in [0.717, 1.165) is 17.3 Å². The van der Waals surface area contributed by atoms with Crippen LogP contribution >= 0.6 is 11.6 Å². The van der Waals surface area contributed by atoms with Crippen LogP contribution in [-0.4, -0.2) is 33.8 Å². The molecule has 35 heavy (non-hydrogen) atoms. The number of halogens is 1. The van der Waals surface area contributed by atoms with E-state index in [-0.39, 0.29) is 23.2 Å². The van der Waals surface area contributed by atoms with Gasteiger partial charge in [0, 0.05) is 39.7 Å². The van der Waals surface area contributed by atoms with Crippen LogP contribution in [0.15, 0.2) is 77.7 Å². The number of carboxylic acids is 1. The number of hydrogen-bond donors (Lipinski definition) is 3. The van der Waals surface area contributed by atoms with Gasteiger partial charge in [0.1, 0.15) is 5.56 Å². The Kier molecular flexibility index (Phi) is 6.80. The van der Waals surface area contributed by atoms with Crippen LogP contribution in [0.2, 0.25) is 5.02 Å². The fourth-order valence-electron chi connectivity index (χ4n) is 3.76. The Morgan fingerprint density at radius 1 is 1.03 bits per heavy atom. The highest BCUT2D eigenvalue weighted by Gasteiger charge is 2.19. The third-order valence-corrected chi connectivity index (χ3v) is 6.01. The molecule has 1 aromatic heterocycles. The Labute approximate surface area is 205 Å². The highest BCUT2D eigenvalue weighted by Crippen LogP contribution is 2.28. The second-order valence-corrected chi connectivity index (χ2v) is 8.52. The lowest BCUT2D eigenvalue weighted by atomic mass is 10.0. The van der Waals surface area contributed by atoms with Crippen molar-refractivity contribution >= 4 is 40.2 Å². The summed E-state index contributed by atoms with van der Waals surface area (Å²) < 4.78 is 0. The normalized spacial score (nSPS) is 11.7. The average molecular weight is 489 g/mol. The summed E-state index contributed by atoms with van der Waals surface area (Å²) in [6.07, 6.45) is 1.11. The van der Waals surface area contributed by atoms with Gasteiger partial charge in [-0.05, 0) is 42.3 Å². The first kappa shape index (κ1) is 23.9. The number of nitrogens with one attached hydrogen (secondary N) is 2. The Hall–Kier alpha value is -4.23. The molecule has 0 fully saturated rings. The first-order valence-electron chi connectivity index (χ1n) is 10.8. The number of pyridine rings is 1. The van der Waals surface area contributed by atoms with E-state index in [2.05, 4.69) is 10.3 Å². The molecule has 0 bridgehead atoms. The predicted molar refractivity (Wildman–Crippen MR) is 134 cm³/mol. The molecule has 3 N–H and O–H groups in total. The number of aromatic nitrogens is 1. The second kappa shape index (κ2) is 9.95. The Morgan fingerprint density at radius 2 is 1.77 bits per heavy atom. The lowest BCUT2D eigenvalue weighted by molar-refractivity contribution is -0.119. The Bertz CT molecular complexity index is 1510. The van der Waals surface area contributed by atoms with Gasteiger partial charge in [0.15, 0.2) is 5.78 Å². The van der Waals surface area contributed by atoms with Crippen LogP contribution in [0.5, 0.6) is 0 Å². The van der Waals surface area contributed by atoms with Crippen LogP contribution < -0.4 is 10.7 Å². The smallest absolute Gasteiger partial charge is 0.341 e. The van der Waals surface area contributed by atoms with E-state index in [4.69, 9.17) is 16.7 Å². The van der Waals surface area contributed by atoms with Crippen molar-refractivity contribution < 1.29 is 19.5 Å². The van der Waals surface area contributed by atoms with Gasteiger partial charge in [-0.3, -0.25) is 14.4 Å². The van der Waals surface area contributed by atoms with Crippen molar-refractivity contribution in [3.8, 4) is 11.1 Å². The number of ketones is 1. The molecule has 1 atom stereocenters. The van der Waals surface area contributed by atoms with Gasteiger partial charge in [0.05, 0.1) is 6.04 Å². The summed E-state index contributed by atoms with van der Waals surface area (Å²) in [6, 6.07) is 18.5. The Morgan fingerprint density at radius 3 is 2.46 bits per heavy atom. The van der Waals surface area contributed by atoms with Crippen LogP contribution in [0.4, 0.5) is 0 Å². The molecule has 0 radical (unpaired) electrons. The van der Waals surface area contributed by atoms with Crippen molar-refractivity contribution in [3.63, 3.8) is 0 Å². The number of aromatic amines is 1. The monoisotopic (exact) mass is 488 g/mol. The fraction of sp³-hybridized carbons (Fsp3) is 0.111. The van der Waals surface area contributed by atoms with Gasteiger partial charge in [0.2, 0.25) is 5.43 Å². The summed E-state index contributed by atoms with van der Waals surface area (Å²) in [6.45, 7) is 1.58. The molecule has 1 amide bonds. The highest BCUT2D eigenvalue weighted by atomic mass is 35.5. The van der Waals surface area contributed by atoms with Crippen molar-refractivity contribution in [3.05, 3.63) is 105 Å². The number of carbonyl (C=O) groups is 3. The molecule has 7 nitrogen and oxygen atoms in total. The molecule has 0 spiro atoms. The average Bonchev–Trinajstić information content (AvgIpc) is 2.84. The molecule has 0 saturated carbocycles. The van der Waals surface area contributed by atoms with E-state index in [9.17, 15) is 19.2 Å².